The topological polar surface area (TPSA) is 18.5 Å². The number of nitrogens with one attached hydrogen (secondary N) is 1. The van der Waals surface area contributed by atoms with Crippen molar-refractivity contribution in [2.75, 3.05) is 31.6 Å². The minimum absolute atomic E-state index is 0.248. The van der Waals surface area contributed by atoms with E-state index in [-0.39, 0.29) is 5.54 Å². The summed E-state index contributed by atoms with van der Waals surface area (Å²) in [7, 11) is 2.23. The highest BCUT2D eigenvalue weighted by atomic mass is 15.3. The average molecular weight is 287 g/mol. The Labute approximate surface area is 129 Å². The van der Waals surface area contributed by atoms with Crippen LogP contribution in [0.5, 0.6) is 0 Å². The van der Waals surface area contributed by atoms with E-state index in [2.05, 4.69) is 61.1 Å². The lowest BCUT2D eigenvalue weighted by Gasteiger charge is -2.46. The van der Waals surface area contributed by atoms with Gasteiger partial charge in [-0.2, -0.15) is 0 Å². The smallest absolute Gasteiger partial charge is 0.0370 e. The van der Waals surface area contributed by atoms with Crippen LogP contribution in [-0.2, 0) is 6.54 Å². The zero-order valence-corrected chi connectivity index (χ0v) is 13.9. The fourth-order valence-electron chi connectivity index (χ4n) is 3.08. The van der Waals surface area contributed by atoms with Crippen molar-refractivity contribution in [3.63, 3.8) is 0 Å². The van der Waals surface area contributed by atoms with Gasteiger partial charge in [0.1, 0.15) is 0 Å². The fourth-order valence-corrected chi connectivity index (χ4v) is 3.08. The van der Waals surface area contributed by atoms with Crippen LogP contribution in [0.4, 0.5) is 5.69 Å². The van der Waals surface area contributed by atoms with Crippen LogP contribution in [0.3, 0.4) is 0 Å². The van der Waals surface area contributed by atoms with Crippen molar-refractivity contribution < 1.29 is 0 Å². The molecule has 0 spiro atoms. The van der Waals surface area contributed by atoms with Crippen molar-refractivity contribution in [3.8, 4) is 0 Å². The second-order valence-corrected chi connectivity index (χ2v) is 7.42. The maximum Gasteiger partial charge on any atom is 0.0370 e. The van der Waals surface area contributed by atoms with Crippen LogP contribution >= 0.6 is 0 Å². The summed E-state index contributed by atoms with van der Waals surface area (Å²) in [5.74, 6) is 0. The molecule has 3 heteroatoms. The predicted molar refractivity (Wildman–Crippen MR) is 90.0 cm³/mol. The highest BCUT2D eigenvalue weighted by molar-refractivity contribution is 5.51. The van der Waals surface area contributed by atoms with Gasteiger partial charge in [-0.3, -0.25) is 4.90 Å². The number of hydrogen-bond donors (Lipinski definition) is 1. The number of benzene rings is 1. The number of aryl methyl sites for hydroxylation is 1. The van der Waals surface area contributed by atoms with Gasteiger partial charge in [0.15, 0.2) is 0 Å². The van der Waals surface area contributed by atoms with E-state index >= 15 is 0 Å². The lowest BCUT2D eigenvalue weighted by atomic mass is 9.98. The summed E-state index contributed by atoms with van der Waals surface area (Å²) in [5, 5.41) is 3.61. The Morgan fingerprint density at radius 1 is 1.24 bits per heavy atom. The molecule has 0 aromatic heterocycles. The van der Waals surface area contributed by atoms with E-state index in [1.807, 2.05) is 0 Å². The third-order valence-electron chi connectivity index (χ3n) is 5.17. The van der Waals surface area contributed by atoms with Gasteiger partial charge in [0, 0.05) is 43.4 Å². The molecule has 3 nitrogen and oxygen atoms in total. The molecular weight excluding hydrogens is 258 g/mol. The Hall–Kier alpha value is -1.06. The largest absolute Gasteiger partial charge is 0.368 e. The minimum Gasteiger partial charge on any atom is -0.368 e. The summed E-state index contributed by atoms with van der Waals surface area (Å²) in [6.45, 7) is 11.3. The van der Waals surface area contributed by atoms with Crippen molar-refractivity contribution in [3.05, 3.63) is 29.3 Å². The van der Waals surface area contributed by atoms with E-state index in [1.54, 1.807) is 0 Å². The van der Waals surface area contributed by atoms with E-state index in [9.17, 15) is 0 Å². The zero-order valence-electron chi connectivity index (χ0n) is 13.9. The maximum absolute atomic E-state index is 3.61. The van der Waals surface area contributed by atoms with Gasteiger partial charge in [0.2, 0.25) is 0 Å². The summed E-state index contributed by atoms with van der Waals surface area (Å²) in [5.41, 5.74) is 4.48. The van der Waals surface area contributed by atoms with Crippen LogP contribution in [0.25, 0.3) is 0 Å². The first kappa shape index (κ1) is 14.9. The summed E-state index contributed by atoms with van der Waals surface area (Å²) in [6, 6.07) is 7.76. The Morgan fingerprint density at radius 3 is 2.62 bits per heavy atom. The SMILES string of the molecule is Cc1cc(N2CCN(C)C(C)(C)C2)ccc1CNC1CC1. The van der Waals surface area contributed by atoms with Gasteiger partial charge >= 0.3 is 0 Å². The van der Waals surface area contributed by atoms with Crippen LogP contribution in [-0.4, -0.2) is 43.2 Å². The van der Waals surface area contributed by atoms with E-state index in [1.165, 1.54) is 29.7 Å². The molecule has 116 valence electrons. The normalized spacial score (nSPS) is 22.6. The third-order valence-corrected chi connectivity index (χ3v) is 5.17. The van der Waals surface area contributed by atoms with Crippen molar-refractivity contribution in [2.24, 2.45) is 0 Å². The highest BCUT2D eigenvalue weighted by Crippen LogP contribution is 2.26. The second-order valence-electron chi connectivity index (χ2n) is 7.42. The van der Waals surface area contributed by atoms with Crippen LogP contribution < -0.4 is 10.2 Å². The van der Waals surface area contributed by atoms with Crippen molar-refractivity contribution in [2.45, 2.75) is 51.7 Å². The molecule has 0 atom stereocenters. The van der Waals surface area contributed by atoms with Crippen LogP contribution in [0.1, 0.15) is 37.8 Å². The van der Waals surface area contributed by atoms with Gasteiger partial charge in [-0.1, -0.05) is 6.07 Å². The standard InChI is InChI=1S/C18H29N3/c1-14-11-17(8-5-15(14)12-19-16-6-7-16)21-10-9-20(4)18(2,3)13-21/h5,8,11,16,19H,6-7,9-10,12-13H2,1-4H3. The number of hydrogen-bond acceptors (Lipinski definition) is 3. The molecule has 1 N–H and O–H groups in total. The average Bonchev–Trinajstić information content (AvgIpc) is 3.24. The summed E-state index contributed by atoms with van der Waals surface area (Å²) in [6.07, 6.45) is 2.71. The molecule has 0 radical (unpaired) electrons. The van der Waals surface area contributed by atoms with Crippen LogP contribution in [0.2, 0.25) is 0 Å². The molecule has 1 saturated heterocycles. The second kappa shape index (κ2) is 5.62. The predicted octanol–water partition coefficient (Wildman–Crippen LogP) is 2.78. The lowest BCUT2D eigenvalue weighted by Crippen LogP contribution is -2.57. The van der Waals surface area contributed by atoms with Gasteiger partial charge in [-0.15, -0.1) is 0 Å². The molecule has 1 aliphatic carbocycles. The maximum atomic E-state index is 3.61. The Morgan fingerprint density at radius 2 is 2.00 bits per heavy atom. The van der Waals surface area contributed by atoms with E-state index in [4.69, 9.17) is 0 Å². The van der Waals surface area contributed by atoms with Crippen LogP contribution in [0, 0.1) is 6.92 Å². The molecule has 1 aliphatic heterocycles. The highest BCUT2D eigenvalue weighted by Gasteiger charge is 2.31. The monoisotopic (exact) mass is 287 g/mol. The van der Waals surface area contributed by atoms with E-state index < -0.39 is 0 Å². The molecular formula is C18H29N3. The molecule has 2 fully saturated rings. The Balaban J connectivity index is 1.69. The Bertz CT molecular complexity index is 505. The van der Waals surface area contributed by atoms with Crippen LogP contribution in [0.15, 0.2) is 18.2 Å². The first-order valence-electron chi connectivity index (χ1n) is 8.25. The number of rotatable bonds is 4. The van der Waals surface area contributed by atoms with E-state index in [0.717, 1.165) is 32.2 Å². The molecule has 0 amide bonds. The fraction of sp³-hybridized carbons (Fsp3) is 0.667. The minimum atomic E-state index is 0.248. The van der Waals surface area contributed by atoms with Crippen molar-refractivity contribution in [1.82, 2.24) is 10.2 Å². The van der Waals surface area contributed by atoms with Gasteiger partial charge in [0.25, 0.3) is 0 Å². The van der Waals surface area contributed by atoms with Crippen molar-refractivity contribution in [1.29, 1.82) is 0 Å². The molecule has 1 saturated carbocycles. The Kier molecular flexibility index (Phi) is 3.98. The molecule has 1 aromatic rings. The lowest BCUT2D eigenvalue weighted by molar-refractivity contribution is 0.139. The molecule has 3 rings (SSSR count). The first-order chi connectivity index (χ1) is 9.95. The molecule has 1 aromatic carbocycles. The summed E-state index contributed by atoms with van der Waals surface area (Å²) >= 11 is 0. The molecule has 2 aliphatic rings. The molecule has 1 heterocycles. The zero-order chi connectivity index (χ0) is 15.0. The first-order valence-corrected chi connectivity index (χ1v) is 8.25. The number of anilines is 1. The number of piperazine rings is 1. The van der Waals surface area contributed by atoms with Crippen molar-refractivity contribution >= 4 is 5.69 Å². The third kappa shape index (κ3) is 3.41. The molecule has 0 bridgehead atoms. The van der Waals surface area contributed by atoms with E-state index in [0.29, 0.717) is 0 Å². The summed E-state index contributed by atoms with van der Waals surface area (Å²) in [4.78, 5) is 5.00. The number of nitrogens with zero attached hydrogens (tertiary/aromatic N) is 2. The summed E-state index contributed by atoms with van der Waals surface area (Å²) < 4.78 is 0. The van der Waals surface area contributed by atoms with Gasteiger partial charge in [-0.25, -0.2) is 0 Å². The number of likely N-dealkylation sites (N-methyl/N-ethyl adjacent to an activating group) is 1. The molecule has 21 heavy (non-hydrogen) atoms. The van der Waals surface area contributed by atoms with Gasteiger partial charge < -0.3 is 10.2 Å². The quantitative estimate of drug-likeness (QED) is 0.918. The van der Waals surface area contributed by atoms with Gasteiger partial charge in [-0.05, 0) is 63.9 Å². The molecule has 0 unspecified atom stereocenters. The van der Waals surface area contributed by atoms with Gasteiger partial charge in [0.05, 0.1) is 0 Å².